The van der Waals surface area contributed by atoms with E-state index >= 15 is 0 Å². The molecule has 0 aromatic carbocycles. The number of nitrogens with one attached hydrogen (secondary N) is 1. The molecule has 0 fully saturated rings. The fourth-order valence-electron chi connectivity index (χ4n) is 2.27. The van der Waals surface area contributed by atoms with Crippen LogP contribution in [0, 0.1) is 13.8 Å². The summed E-state index contributed by atoms with van der Waals surface area (Å²) < 4.78 is 7.38. The molecule has 3 aromatic rings. The van der Waals surface area contributed by atoms with E-state index in [1.165, 1.54) is 23.1 Å². The molecule has 0 spiro atoms. The number of carbonyl (C=O) groups excluding carboxylic acids is 1. The molecule has 1 N–H and O–H groups in total. The summed E-state index contributed by atoms with van der Waals surface area (Å²) in [6.07, 6.45) is 2.58. The highest BCUT2D eigenvalue weighted by Crippen LogP contribution is 2.27. The number of rotatable bonds is 7. The Bertz CT molecular complexity index is 869. The molecule has 10 heteroatoms. The summed E-state index contributed by atoms with van der Waals surface area (Å²) in [6, 6.07) is 1.88. The number of carbonyl (C=O) groups is 1. The van der Waals surface area contributed by atoms with Crippen molar-refractivity contribution in [2.45, 2.75) is 38.9 Å². The van der Waals surface area contributed by atoms with Gasteiger partial charge in [-0.05, 0) is 26.3 Å². The van der Waals surface area contributed by atoms with Gasteiger partial charge in [0.1, 0.15) is 10.8 Å². The Labute approximate surface area is 153 Å². The zero-order chi connectivity index (χ0) is 17.8. The second-order valence-electron chi connectivity index (χ2n) is 5.31. The first kappa shape index (κ1) is 17.6. The number of aromatic nitrogens is 5. The molecule has 0 saturated carbocycles. The minimum atomic E-state index is -0.145. The van der Waals surface area contributed by atoms with Crippen LogP contribution in [-0.2, 0) is 11.3 Å². The van der Waals surface area contributed by atoms with Crippen molar-refractivity contribution in [2.75, 3.05) is 11.1 Å². The lowest BCUT2D eigenvalue weighted by atomic mass is 10.2. The fraction of sp³-hybridized carbons (Fsp3) is 0.400. The quantitative estimate of drug-likeness (QED) is 0.631. The fourth-order valence-corrected chi connectivity index (χ4v) is 3.64. The van der Waals surface area contributed by atoms with Crippen molar-refractivity contribution in [3.05, 3.63) is 23.1 Å². The normalized spacial score (nSPS) is 11.0. The second kappa shape index (κ2) is 7.79. The maximum absolute atomic E-state index is 12.1. The summed E-state index contributed by atoms with van der Waals surface area (Å²) >= 11 is 2.69. The van der Waals surface area contributed by atoms with Crippen molar-refractivity contribution in [2.24, 2.45) is 0 Å². The third-order valence-corrected chi connectivity index (χ3v) is 5.09. The van der Waals surface area contributed by atoms with E-state index in [9.17, 15) is 4.79 Å². The topological polar surface area (TPSA) is 98.7 Å². The number of amides is 1. The molecule has 0 radical (unpaired) electrons. The highest BCUT2D eigenvalue weighted by atomic mass is 32.2. The summed E-state index contributed by atoms with van der Waals surface area (Å²) in [5.74, 6) is 1.64. The van der Waals surface area contributed by atoms with Crippen molar-refractivity contribution in [1.82, 2.24) is 25.0 Å². The van der Waals surface area contributed by atoms with Crippen molar-refractivity contribution in [3.63, 3.8) is 0 Å². The van der Waals surface area contributed by atoms with E-state index in [4.69, 9.17) is 4.42 Å². The molecule has 0 unspecified atom stereocenters. The molecular weight excluding hydrogens is 360 g/mol. The third kappa shape index (κ3) is 4.07. The Morgan fingerprint density at radius 3 is 2.80 bits per heavy atom. The minimum Gasteiger partial charge on any atom is -0.469 e. The van der Waals surface area contributed by atoms with Gasteiger partial charge in [-0.2, -0.15) is 0 Å². The summed E-state index contributed by atoms with van der Waals surface area (Å²) in [5.41, 5.74) is 0.918. The minimum absolute atomic E-state index is 0.145. The summed E-state index contributed by atoms with van der Waals surface area (Å²) in [5, 5.41) is 21.1. The van der Waals surface area contributed by atoms with E-state index in [1.807, 2.05) is 24.5 Å². The van der Waals surface area contributed by atoms with Gasteiger partial charge in [-0.15, -0.1) is 20.4 Å². The van der Waals surface area contributed by atoms with Crippen LogP contribution in [0.3, 0.4) is 0 Å². The van der Waals surface area contributed by atoms with Crippen molar-refractivity contribution >= 4 is 34.1 Å². The van der Waals surface area contributed by atoms with Crippen LogP contribution in [0.4, 0.5) is 5.13 Å². The van der Waals surface area contributed by atoms with Crippen LogP contribution < -0.4 is 5.32 Å². The third-order valence-electron chi connectivity index (χ3n) is 3.37. The van der Waals surface area contributed by atoms with E-state index in [2.05, 4.69) is 32.6 Å². The monoisotopic (exact) mass is 378 g/mol. The first-order chi connectivity index (χ1) is 12.1. The van der Waals surface area contributed by atoms with E-state index in [0.717, 1.165) is 35.1 Å². The number of nitrogens with zero attached hydrogens (tertiary/aromatic N) is 5. The molecule has 1 amide bonds. The molecule has 3 heterocycles. The Balaban J connectivity index is 1.71. The maximum atomic E-state index is 12.1. The van der Waals surface area contributed by atoms with Gasteiger partial charge in [-0.3, -0.25) is 10.1 Å². The maximum Gasteiger partial charge on any atom is 0.236 e. The molecule has 3 aromatic heterocycles. The number of hydrogen-bond acceptors (Lipinski definition) is 8. The molecule has 0 aliphatic carbocycles. The molecule has 3 rings (SSSR count). The van der Waals surface area contributed by atoms with Crippen LogP contribution in [0.5, 0.6) is 0 Å². The predicted molar refractivity (Wildman–Crippen MR) is 96.8 cm³/mol. The van der Waals surface area contributed by atoms with Gasteiger partial charge in [0.05, 0.1) is 17.6 Å². The number of thioether (sulfide) groups is 1. The molecule has 8 nitrogen and oxygen atoms in total. The van der Waals surface area contributed by atoms with Crippen molar-refractivity contribution in [1.29, 1.82) is 0 Å². The van der Waals surface area contributed by atoms with Crippen LogP contribution in [0.2, 0.25) is 0 Å². The van der Waals surface area contributed by atoms with Crippen LogP contribution in [0.15, 0.2) is 21.9 Å². The van der Waals surface area contributed by atoms with Crippen LogP contribution in [0.25, 0.3) is 11.4 Å². The van der Waals surface area contributed by atoms with Gasteiger partial charge >= 0.3 is 0 Å². The summed E-state index contributed by atoms with van der Waals surface area (Å²) in [4.78, 5) is 12.1. The largest absolute Gasteiger partial charge is 0.469 e. The van der Waals surface area contributed by atoms with Gasteiger partial charge in [0.2, 0.25) is 11.0 Å². The van der Waals surface area contributed by atoms with Crippen molar-refractivity contribution in [3.8, 4) is 11.4 Å². The Kier molecular flexibility index (Phi) is 5.49. The second-order valence-corrected chi connectivity index (χ2v) is 7.44. The molecular formula is C15H18N6O2S2. The molecule has 0 bridgehead atoms. The SMILES string of the molecule is CCCn1c(SCC(=O)Nc2nnc(C)s2)nnc1-c1ccoc1C. The first-order valence-electron chi connectivity index (χ1n) is 7.79. The van der Waals surface area contributed by atoms with Gasteiger partial charge in [0, 0.05) is 6.54 Å². The molecule has 25 heavy (non-hydrogen) atoms. The standard InChI is InChI=1S/C15H18N6O2S2/c1-4-6-21-13(11-5-7-23-9(11)2)18-20-15(21)24-8-12(22)16-14-19-17-10(3)25-14/h5,7H,4,6,8H2,1-3H3,(H,16,19,22). The van der Waals surface area contributed by atoms with Crippen molar-refractivity contribution < 1.29 is 9.21 Å². The highest BCUT2D eigenvalue weighted by Gasteiger charge is 2.18. The number of furan rings is 1. The number of hydrogen-bond donors (Lipinski definition) is 1. The van der Waals surface area contributed by atoms with E-state index < -0.39 is 0 Å². The molecule has 0 aliphatic rings. The van der Waals surface area contributed by atoms with E-state index in [1.54, 1.807) is 6.26 Å². The molecule has 0 aliphatic heterocycles. The van der Waals surface area contributed by atoms with Gasteiger partial charge in [-0.1, -0.05) is 30.0 Å². The molecule has 0 atom stereocenters. The number of aryl methyl sites for hydroxylation is 2. The van der Waals surface area contributed by atoms with Gasteiger partial charge in [-0.25, -0.2) is 0 Å². The molecule has 132 valence electrons. The van der Waals surface area contributed by atoms with Crippen LogP contribution >= 0.6 is 23.1 Å². The van der Waals surface area contributed by atoms with E-state index in [0.29, 0.717) is 10.3 Å². The Morgan fingerprint density at radius 1 is 1.32 bits per heavy atom. The predicted octanol–water partition coefficient (Wildman–Crippen LogP) is 3.15. The Morgan fingerprint density at radius 2 is 2.16 bits per heavy atom. The van der Waals surface area contributed by atoms with Gasteiger partial charge in [0.25, 0.3) is 0 Å². The van der Waals surface area contributed by atoms with E-state index in [-0.39, 0.29) is 11.7 Å². The van der Waals surface area contributed by atoms with Gasteiger partial charge in [0.15, 0.2) is 11.0 Å². The van der Waals surface area contributed by atoms with Crippen LogP contribution in [-0.4, -0.2) is 36.6 Å². The summed E-state index contributed by atoms with van der Waals surface area (Å²) in [7, 11) is 0. The Hall–Kier alpha value is -2.20. The lowest BCUT2D eigenvalue weighted by molar-refractivity contribution is -0.113. The molecule has 0 saturated heterocycles. The number of anilines is 1. The first-order valence-corrected chi connectivity index (χ1v) is 9.59. The average Bonchev–Trinajstić information content (AvgIpc) is 3.27. The van der Waals surface area contributed by atoms with Gasteiger partial charge < -0.3 is 8.98 Å². The smallest absolute Gasteiger partial charge is 0.236 e. The average molecular weight is 378 g/mol. The lowest BCUT2D eigenvalue weighted by Crippen LogP contribution is -2.14. The van der Waals surface area contributed by atoms with Crippen LogP contribution in [0.1, 0.15) is 24.1 Å². The highest BCUT2D eigenvalue weighted by molar-refractivity contribution is 7.99. The lowest BCUT2D eigenvalue weighted by Gasteiger charge is -2.08. The zero-order valence-corrected chi connectivity index (χ0v) is 15.8. The summed E-state index contributed by atoms with van der Waals surface area (Å²) in [6.45, 7) is 6.59. The zero-order valence-electron chi connectivity index (χ0n) is 14.1.